The zero-order chi connectivity index (χ0) is 14.3. The number of hydrogen-bond donors (Lipinski definition) is 0. The maximum Gasteiger partial charge on any atom is 0.306 e. The highest BCUT2D eigenvalue weighted by Crippen LogP contribution is 2.25. The molecule has 0 amide bonds. The second-order valence-corrected chi connectivity index (χ2v) is 5.07. The molecule has 0 atom stereocenters. The van der Waals surface area contributed by atoms with Gasteiger partial charge in [0.1, 0.15) is 5.75 Å². The van der Waals surface area contributed by atoms with Gasteiger partial charge in [0.2, 0.25) is 0 Å². The number of methoxy groups -OCH3 is 2. The van der Waals surface area contributed by atoms with E-state index in [-0.39, 0.29) is 11.8 Å². The third kappa shape index (κ3) is 4.95. The molecule has 0 saturated carbocycles. The summed E-state index contributed by atoms with van der Waals surface area (Å²) in [6, 6.07) is 5.39. The molecule has 0 radical (unpaired) electrons. The number of Topliss-reactive ketones (excluding diaryl/α,β-unsaturated/α-hetero) is 1. The molecular weight excluding hydrogens is 264 g/mol. The fourth-order valence-electron chi connectivity index (χ4n) is 1.55. The average molecular weight is 282 g/mol. The van der Waals surface area contributed by atoms with Crippen molar-refractivity contribution in [3.05, 3.63) is 29.3 Å². The Morgan fingerprint density at radius 1 is 1.26 bits per heavy atom. The van der Waals surface area contributed by atoms with Crippen LogP contribution in [-0.2, 0) is 15.3 Å². The number of benzene rings is 1. The Morgan fingerprint density at radius 2 is 2.00 bits per heavy atom. The standard InChI is InChI=1S/C14H18O4S/c1-10(15)11-4-5-13(17-2)12(8-11)9-19-7-6-14(16)18-3/h4-5,8H,6-7,9H2,1-3H3. The number of esters is 1. The van der Waals surface area contributed by atoms with E-state index in [1.54, 1.807) is 31.0 Å². The molecule has 0 aromatic heterocycles. The van der Waals surface area contributed by atoms with Gasteiger partial charge in [-0.15, -0.1) is 0 Å². The predicted molar refractivity (Wildman–Crippen MR) is 75.8 cm³/mol. The first-order valence-electron chi connectivity index (χ1n) is 5.91. The van der Waals surface area contributed by atoms with Crippen molar-refractivity contribution in [2.45, 2.75) is 19.1 Å². The molecule has 0 spiro atoms. The first-order chi connectivity index (χ1) is 9.08. The largest absolute Gasteiger partial charge is 0.496 e. The van der Waals surface area contributed by atoms with Crippen LogP contribution in [0, 0.1) is 0 Å². The van der Waals surface area contributed by atoms with Crippen LogP contribution >= 0.6 is 11.8 Å². The Kier molecular flexibility index (Phi) is 6.42. The van der Waals surface area contributed by atoms with Crippen LogP contribution in [0.5, 0.6) is 5.75 Å². The predicted octanol–water partition coefficient (Wildman–Crippen LogP) is 2.69. The van der Waals surface area contributed by atoms with E-state index in [0.717, 1.165) is 11.3 Å². The number of carbonyl (C=O) groups excluding carboxylic acids is 2. The lowest BCUT2D eigenvalue weighted by Crippen LogP contribution is -2.02. The highest BCUT2D eigenvalue weighted by atomic mass is 32.2. The Bertz CT molecular complexity index is 457. The van der Waals surface area contributed by atoms with E-state index in [2.05, 4.69) is 4.74 Å². The van der Waals surface area contributed by atoms with E-state index in [1.165, 1.54) is 14.0 Å². The van der Waals surface area contributed by atoms with Crippen molar-refractivity contribution in [1.82, 2.24) is 0 Å². The molecule has 5 heteroatoms. The van der Waals surface area contributed by atoms with Gasteiger partial charge in [-0.05, 0) is 25.1 Å². The molecule has 0 aliphatic heterocycles. The SMILES string of the molecule is COC(=O)CCSCc1cc(C(C)=O)ccc1OC. The van der Waals surface area contributed by atoms with Crippen LogP contribution in [0.15, 0.2) is 18.2 Å². The monoisotopic (exact) mass is 282 g/mol. The van der Waals surface area contributed by atoms with Crippen LogP contribution in [0.3, 0.4) is 0 Å². The molecule has 0 fully saturated rings. The lowest BCUT2D eigenvalue weighted by atomic mass is 10.1. The molecule has 19 heavy (non-hydrogen) atoms. The van der Waals surface area contributed by atoms with E-state index in [4.69, 9.17) is 4.74 Å². The third-order valence-corrected chi connectivity index (χ3v) is 3.63. The summed E-state index contributed by atoms with van der Waals surface area (Å²) < 4.78 is 9.84. The first kappa shape index (κ1) is 15.6. The summed E-state index contributed by atoms with van der Waals surface area (Å²) >= 11 is 1.61. The van der Waals surface area contributed by atoms with Gasteiger partial charge in [0.05, 0.1) is 20.6 Å². The van der Waals surface area contributed by atoms with Crippen LogP contribution in [0.1, 0.15) is 29.3 Å². The van der Waals surface area contributed by atoms with Gasteiger partial charge in [0.15, 0.2) is 5.78 Å². The summed E-state index contributed by atoms with van der Waals surface area (Å²) in [5, 5.41) is 0. The van der Waals surface area contributed by atoms with Crippen molar-refractivity contribution in [1.29, 1.82) is 0 Å². The Labute approximate surface area is 117 Å². The molecule has 0 heterocycles. The first-order valence-corrected chi connectivity index (χ1v) is 7.06. The van der Waals surface area contributed by atoms with Gasteiger partial charge in [-0.1, -0.05) is 0 Å². The van der Waals surface area contributed by atoms with Gasteiger partial charge in [-0.2, -0.15) is 11.8 Å². The molecule has 1 aromatic carbocycles. The zero-order valence-corrected chi connectivity index (χ0v) is 12.2. The molecule has 104 valence electrons. The fourth-order valence-corrected chi connectivity index (χ4v) is 2.45. The lowest BCUT2D eigenvalue weighted by molar-refractivity contribution is -0.140. The highest BCUT2D eigenvalue weighted by Gasteiger charge is 2.08. The molecular formula is C14H18O4S. The molecule has 0 aliphatic carbocycles. The van der Waals surface area contributed by atoms with Crippen LogP contribution in [0.2, 0.25) is 0 Å². The Morgan fingerprint density at radius 3 is 2.58 bits per heavy atom. The summed E-state index contributed by atoms with van der Waals surface area (Å²) in [6.07, 6.45) is 0.385. The molecule has 4 nitrogen and oxygen atoms in total. The smallest absolute Gasteiger partial charge is 0.306 e. The minimum Gasteiger partial charge on any atom is -0.496 e. The van der Waals surface area contributed by atoms with Crippen molar-refractivity contribution >= 4 is 23.5 Å². The van der Waals surface area contributed by atoms with Crippen molar-refractivity contribution in [2.24, 2.45) is 0 Å². The molecule has 0 aliphatic rings. The number of hydrogen-bond acceptors (Lipinski definition) is 5. The minimum atomic E-state index is -0.211. The molecule has 1 rings (SSSR count). The Balaban J connectivity index is 2.62. The summed E-state index contributed by atoms with van der Waals surface area (Å²) in [6.45, 7) is 1.54. The van der Waals surface area contributed by atoms with Gasteiger partial charge in [0, 0.05) is 22.6 Å². The van der Waals surface area contributed by atoms with E-state index < -0.39 is 0 Å². The summed E-state index contributed by atoms with van der Waals surface area (Å²) in [5.74, 6) is 1.96. The summed E-state index contributed by atoms with van der Waals surface area (Å²) in [5.41, 5.74) is 1.63. The fraction of sp³-hybridized carbons (Fsp3) is 0.429. The average Bonchev–Trinajstić information content (AvgIpc) is 2.42. The van der Waals surface area contributed by atoms with Gasteiger partial charge in [0.25, 0.3) is 0 Å². The number of ketones is 1. The summed E-state index contributed by atoms with van der Waals surface area (Å²) in [4.78, 5) is 22.3. The van der Waals surface area contributed by atoms with E-state index in [0.29, 0.717) is 23.5 Å². The Hall–Kier alpha value is -1.49. The second kappa shape index (κ2) is 7.84. The van der Waals surface area contributed by atoms with Gasteiger partial charge in [-0.3, -0.25) is 9.59 Å². The van der Waals surface area contributed by atoms with Crippen molar-refractivity contribution in [2.75, 3.05) is 20.0 Å². The van der Waals surface area contributed by atoms with Crippen molar-refractivity contribution in [3.63, 3.8) is 0 Å². The molecule has 0 N–H and O–H groups in total. The second-order valence-electron chi connectivity index (χ2n) is 3.96. The van der Waals surface area contributed by atoms with Crippen molar-refractivity contribution < 1.29 is 19.1 Å². The van der Waals surface area contributed by atoms with E-state index in [9.17, 15) is 9.59 Å². The molecule has 1 aromatic rings. The topological polar surface area (TPSA) is 52.6 Å². The van der Waals surface area contributed by atoms with E-state index in [1.807, 2.05) is 6.07 Å². The number of thioether (sulfide) groups is 1. The summed E-state index contributed by atoms with van der Waals surface area (Å²) in [7, 11) is 2.98. The zero-order valence-electron chi connectivity index (χ0n) is 11.4. The molecule has 0 unspecified atom stereocenters. The van der Waals surface area contributed by atoms with Crippen LogP contribution < -0.4 is 4.74 Å². The van der Waals surface area contributed by atoms with Gasteiger partial charge in [-0.25, -0.2) is 0 Å². The van der Waals surface area contributed by atoms with Crippen LogP contribution in [0.25, 0.3) is 0 Å². The highest BCUT2D eigenvalue weighted by molar-refractivity contribution is 7.98. The third-order valence-electron chi connectivity index (χ3n) is 2.62. The molecule has 0 bridgehead atoms. The van der Waals surface area contributed by atoms with Gasteiger partial charge >= 0.3 is 5.97 Å². The van der Waals surface area contributed by atoms with Gasteiger partial charge < -0.3 is 9.47 Å². The minimum absolute atomic E-state index is 0.0310. The van der Waals surface area contributed by atoms with Crippen LogP contribution in [0.4, 0.5) is 0 Å². The maximum atomic E-state index is 11.3. The number of ether oxygens (including phenoxy) is 2. The quantitative estimate of drug-likeness (QED) is 0.437. The van der Waals surface area contributed by atoms with E-state index >= 15 is 0 Å². The lowest BCUT2D eigenvalue weighted by Gasteiger charge is -2.09. The van der Waals surface area contributed by atoms with Crippen LogP contribution in [-0.4, -0.2) is 31.7 Å². The number of rotatable bonds is 7. The van der Waals surface area contributed by atoms with Crippen molar-refractivity contribution in [3.8, 4) is 5.75 Å². The maximum absolute atomic E-state index is 11.3. The molecule has 0 saturated heterocycles. The number of carbonyl (C=O) groups is 2. The normalized spacial score (nSPS) is 10.1.